The Labute approximate surface area is 83.0 Å². The van der Waals surface area contributed by atoms with Gasteiger partial charge in [-0.1, -0.05) is 0 Å². The van der Waals surface area contributed by atoms with Crippen LogP contribution < -0.4 is 5.56 Å². The van der Waals surface area contributed by atoms with E-state index in [1.54, 1.807) is 19.4 Å². The third-order valence-electron chi connectivity index (χ3n) is 1.89. The van der Waals surface area contributed by atoms with Crippen LogP contribution in [0.2, 0.25) is 0 Å². The Balaban J connectivity index is 2.24. The molecule has 2 unspecified atom stereocenters. The second-order valence-corrected chi connectivity index (χ2v) is 3.63. The first-order valence-electron chi connectivity index (χ1n) is 3.79. The van der Waals surface area contributed by atoms with Crippen molar-refractivity contribution in [2.45, 2.75) is 12.4 Å². The van der Waals surface area contributed by atoms with Gasteiger partial charge in [0.15, 0.2) is 6.29 Å². The molecule has 1 fully saturated rings. The Morgan fingerprint density at radius 1 is 1.69 bits per heavy atom. The summed E-state index contributed by atoms with van der Waals surface area (Å²) in [6.45, 7) is 0. The predicted octanol–water partition coefficient (Wildman–Crippen LogP) is 1.18. The van der Waals surface area contributed by atoms with E-state index >= 15 is 0 Å². The largest absolute Gasteiger partial charge is 0.353 e. The summed E-state index contributed by atoms with van der Waals surface area (Å²) in [7, 11) is 1.59. The lowest BCUT2D eigenvalue weighted by molar-refractivity contribution is 0.0950. The third-order valence-corrected chi connectivity index (χ3v) is 2.48. The topological polar surface area (TPSA) is 54.6 Å². The van der Waals surface area contributed by atoms with E-state index in [1.807, 2.05) is 0 Å². The zero-order valence-corrected chi connectivity index (χ0v) is 8.50. The third kappa shape index (κ3) is 1.67. The maximum Gasteiger partial charge on any atom is 0.262 e. The van der Waals surface area contributed by atoms with Crippen molar-refractivity contribution in [2.24, 2.45) is 0 Å². The van der Waals surface area contributed by atoms with Gasteiger partial charge in [-0.2, -0.15) is 0 Å². The molecule has 1 N–H and O–H groups in total. The van der Waals surface area contributed by atoms with E-state index in [4.69, 9.17) is 9.47 Å². The molecule has 1 aromatic heterocycles. The number of rotatable bonds is 2. The summed E-state index contributed by atoms with van der Waals surface area (Å²) in [5.41, 5.74) is 0.775. The van der Waals surface area contributed by atoms with Crippen molar-refractivity contribution in [1.29, 1.82) is 0 Å². The quantitative estimate of drug-likeness (QED) is 0.797. The Bertz CT molecular complexity index is 376. The average molecular weight is 246 g/mol. The Morgan fingerprint density at radius 2 is 2.46 bits per heavy atom. The van der Waals surface area contributed by atoms with E-state index in [9.17, 15) is 4.79 Å². The molecule has 13 heavy (non-hydrogen) atoms. The zero-order chi connectivity index (χ0) is 9.42. The van der Waals surface area contributed by atoms with E-state index in [1.165, 1.54) is 0 Å². The summed E-state index contributed by atoms with van der Waals surface area (Å²) < 4.78 is 10.7. The molecule has 0 bridgehead atoms. The summed E-state index contributed by atoms with van der Waals surface area (Å²) in [4.78, 5) is 13.6. The minimum atomic E-state index is -0.169. The molecule has 4 nitrogen and oxygen atoms in total. The fourth-order valence-electron chi connectivity index (χ4n) is 1.15. The van der Waals surface area contributed by atoms with Crippen molar-refractivity contribution in [1.82, 2.24) is 4.98 Å². The molecule has 1 aromatic rings. The van der Waals surface area contributed by atoms with Crippen LogP contribution in [0.1, 0.15) is 11.7 Å². The highest BCUT2D eigenvalue weighted by Crippen LogP contribution is 2.38. The van der Waals surface area contributed by atoms with E-state index in [0.29, 0.717) is 4.47 Å². The molecule has 70 valence electrons. The number of halogens is 1. The van der Waals surface area contributed by atoms with Crippen molar-refractivity contribution in [3.05, 3.63) is 32.7 Å². The number of ether oxygens (including phenoxy) is 2. The fourth-order valence-corrected chi connectivity index (χ4v) is 1.53. The number of hydrogen-bond acceptors (Lipinski definition) is 3. The van der Waals surface area contributed by atoms with E-state index in [-0.39, 0.29) is 18.0 Å². The van der Waals surface area contributed by atoms with Crippen LogP contribution >= 0.6 is 15.9 Å². The first kappa shape index (κ1) is 8.93. The molecule has 2 heterocycles. The van der Waals surface area contributed by atoms with Crippen LogP contribution in [0.5, 0.6) is 0 Å². The lowest BCUT2D eigenvalue weighted by Gasteiger charge is -1.95. The van der Waals surface area contributed by atoms with Gasteiger partial charge in [0.1, 0.15) is 6.10 Å². The molecule has 2 atom stereocenters. The molecule has 1 aliphatic rings. The number of H-pyrrole nitrogens is 1. The number of methoxy groups -OCH3 is 1. The van der Waals surface area contributed by atoms with Gasteiger partial charge in [0.25, 0.3) is 5.56 Å². The average Bonchev–Trinajstić information content (AvgIpc) is 2.88. The molecule has 0 saturated carbocycles. The number of aromatic amines is 1. The van der Waals surface area contributed by atoms with Gasteiger partial charge in [-0.15, -0.1) is 0 Å². The molecule has 0 aromatic carbocycles. The molecule has 0 aliphatic carbocycles. The number of pyridine rings is 1. The van der Waals surface area contributed by atoms with Crippen LogP contribution in [0.3, 0.4) is 0 Å². The maximum atomic E-state index is 11.0. The minimum absolute atomic E-state index is 0.0434. The Morgan fingerprint density at radius 3 is 3.00 bits per heavy atom. The molecule has 2 rings (SSSR count). The van der Waals surface area contributed by atoms with Crippen LogP contribution in [0, 0.1) is 0 Å². The van der Waals surface area contributed by atoms with Crippen LogP contribution in [-0.4, -0.2) is 18.4 Å². The lowest BCUT2D eigenvalue weighted by atomic mass is 10.2. The van der Waals surface area contributed by atoms with Gasteiger partial charge in [0, 0.05) is 18.9 Å². The van der Waals surface area contributed by atoms with Crippen molar-refractivity contribution in [3.63, 3.8) is 0 Å². The summed E-state index contributed by atoms with van der Waals surface area (Å²) >= 11 is 3.14. The van der Waals surface area contributed by atoms with Gasteiger partial charge in [-0.25, -0.2) is 0 Å². The van der Waals surface area contributed by atoms with Crippen molar-refractivity contribution >= 4 is 15.9 Å². The van der Waals surface area contributed by atoms with Gasteiger partial charge in [0.05, 0.1) is 4.47 Å². The SMILES string of the molecule is COC1OC1c1c[nH]c(=O)c(Br)c1. The first-order chi connectivity index (χ1) is 6.22. The Kier molecular flexibility index (Phi) is 2.23. The molecule has 0 radical (unpaired) electrons. The first-order valence-corrected chi connectivity index (χ1v) is 4.58. The van der Waals surface area contributed by atoms with Gasteiger partial charge in [-0.3, -0.25) is 4.79 Å². The number of aromatic nitrogens is 1. The molecule has 0 spiro atoms. The number of hydrogen-bond donors (Lipinski definition) is 1. The summed E-state index contributed by atoms with van der Waals surface area (Å²) in [6, 6.07) is 1.74. The summed E-state index contributed by atoms with van der Waals surface area (Å²) in [5, 5.41) is 0. The molecular formula is C8H8BrNO3. The summed E-state index contributed by atoms with van der Waals surface area (Å²) in [6.07, 6.45) is 1.42. The summed E-state index contributed by atoms with van der Waals surface area (Å²) in [5.74, 6) is 0. The van der Waals surface area contributed by atoms with E-state index < -0.39 is 0 Å². The van der Waals surface area contributed by atoms with E-state index in [0.717, 1.165) is 5.56 Å². The standard InChI is InChI=1S/C8H8BrNO3/c1-12-8-6(13-8)4-2-5(9)7(11)10-3-4/h2-3,6,8H,1H3,(H,10,11). The number of nitrogens with one attached hydrogen (secondary N) is 1. The number of epoxide rings is 1. The predicted molar refractivity (Wildman–Crippen MR) is 49.4 cm³/mol. The second-order valence-electron chi connectivity index (χ2n) is 2.77. The highest BCUT2D eigenvalue weighted by molar-refractivity contribution is 9.10. The van der Waals surface area contributed by atoms with Crippen molar-refractivity contribution < 1.29 is 9.47 Å². The Hall–Kier alpha value is -0.650. The van der Waals surface area contributed by atoms with Crippen LogP contribution in [0.25, 0.3) is 0 Å². The highest BCUT2D eigenvalue weighted by Gasteiger charge is 2.40. The molecule has 1 aliphatic heterocycles. The molecule has 1 saturated heterocycles. The normalized spacial score (nSPS) is 26.0. The van der Waals surface area contributed by atoms with Crippen LogP contribution in [0.15, 0.2) is 21.5 Å². The fraction of sp³-hybridized carbons (Fsp3) is 0.375. The molecule has 5 heteroatoms. The smallest absolute Gasteiger partial charge is 0.262 e. The lowest BCUT2D eigenvalue weighted by Crippen LogP contribution is -2.06. The van der Waals surface area contributed by atoms with E-state index in [2.05, 4.69) is 20.9 Å². The highest BCUT2D eigenvalue weighted by atomic mass is 79.9. The van der Waals surface area contributed by atoms with Crippen LogP contribution in [-0.2, 0) is 9.47 Å². The zero-order valence-electron chi connectivity index (χ0n) is 6.91. The second kappa shape index (κ2) is 3.25. The maximum absolute atomic E-state index is 11.0. The van der Waals surface area contributed by atoms with Crippen molar-refractivity contribution in [3.8, 4) is 0 Å². The monoisotopic (exact) mass is 245 g/mol. The van der Waals surface area contributed by atoms with Gasteiger partial charge < -0.3 is 14.5 Å². The van der Waals surface area contributed by atoms with Gasteiger partial charge in [-0.05, 0) is 22.0 Å². The van der Waals surface area contributed by atoms with Crippen LogP contribution in [0.4, 0.5) is 0 Å². The van der Waals surface area contributed by atoms with Gasteiger partial charge in [0.2, 0.25) is 0 Å². The van der Waals surface area contributed by atoms with Crippen molar-refractivity contribution in [2.75, 3.05) is 7.11 Å². The minimum Gasteiger partial charge on any atom is -0.353 e. The molecular weight excluding hydrogens is 238 g/mol. The van der Waals surface area contributed by atoms with Gasteiger partial charge >= 0.3 is 0 Å². The molecule has 0 amide bonds.